The Labute approximate surface area is 192 Å². The van der Waals surface area contributed by atoms with Crippen molar-refractivity contribution < 1.29 is 14.3 Å². The molecule has 0 saturated carbocycles. The summed E-state index contributed by atoms with van der Waals surface area (Å²) in [4.78, 5) is 29.2. The molecule has 0 fully saturated rings. The third kappa shape index (κ3) is 6.20. The second-order valence-electron chi connectivity index (χ2n) is 8.63. The summed E-state index contributed by atoms with van der Waals surface area (Å²) >= 11 is 1.21. The van der Waals surface area contributed by atoms with Crippen LogP contribution in [0.1, 0.15) is 50.5 Å². The number of hydrogen-bond donors (Lipinski definition) is 2. The molecule has 0 atom stereocenters. The highest BCUT2D eigenvalue weighted by molar-refractivity contribution is 7.99. The number of nitrogens with zero attached hydrogens (tertiary/aromatic N) is 2. The number of H-pyrrole nitrogens is 1. The molecule has 3 rings (SSSR count). The number of aromatic nitrogens is 3. The van der Waals surface area contributed by atoms with Crippen molar-refractivity contribution in [3.8, 4) is 11.4 Å². The van der Waals surface area contributed by atoms with E-state index in [1.165, 1.54) is 17.3 Å². The van der Waals surface area contributed by atoms with Crippen LogP contribution in [0.15, 0.2) is 53.7 Å². The first-order valence-electron chi connectivity index (χ1n) is 10.4. The van der Waals surface area contributed by atoms with E-state index in [9.17, 15) is 9.59 Å². The second kappa shape index (κ2) is 9.99. The Balaban J connectivity index is 1.60. The standard InChI is InChI=1S/C24H28N4O3S/c1-15(2)31-22(30)18-8-6-7-9-19(18)25-20(29)14-32-23-26-21(27-28-23)16-10-12-17(13-11-16)24(3,4)5/h6-13,15H,14H2,1-5H3,(H,25,29)(H,26,27,28). The number of thioether (sulfide) groups is 1. The van der Waals surface area contributed by atoms with Crippen LogP contribution in [0.3, 0.4) is 0 Å². The quantitative estimate of drug-likeness (QED) is 0.384. The van der Waals surface area contributed by atoms with Gasteiger partial charge in [-0.25, -0.2) is 9.78 Å². The molecule has 0 aliphatic heterocycles. The highest BCUT2D eigenvalue weighted by atomic mass is 32.2. The first-order chi connectivity index (χ1) is 15.1. The SMILES string of the molecule is CC(C)OC(=O)c1ccccc1NC(=O)CSc1n[nH]c(-c2ccc(C(C)(C)C)cc2)n1. The van der Waals surface area contributed by atoms with E-state index in [2.05, 4.69) is 53.4 Å². The van der Waals surface area contributed by atoms with Gasteiger partial charge in [-0.05, 0) is 37.0 Å². The van der Waals surface area contributed by atoms with Crippen molar-refractivity contribution in [2.45, 2.75) is 51.3 Å². The number of hydrogen-bond acceptors (Lipinski definition) is 6. The van der Waals surface area contributed by atoms with Gasteiger partial charge in [-0.3, -0.25) is 9.89 Å². The van der Waals surface area contributed by atoms with Gasteiger partial charge in [0.05, 0.1) is 23.1 Å². The molecule has 7 nitrogen and oxygen atoms in total. The predicted octanol–water partition coefficient (Wildman–Crippen LogP) is 5.07. The monoisotopic (exact) mass is 452 g/mol. The summed E-state index contributed by atoms with van der Waals surface area (Å²) in [5.74, 6) is 0.0174. The lowest BCUT2D eigenvalue weighted by Gasteiger charge is -2.18. The number of para-hydroxylation sites is 1. The highest BCUT2D eigenvalue weighted by Gasteiger charge is 2.17. The zero-order chi connectivity index (χ0) is 23.3. The van der Waals surface area contributed by atoms with Crippen LogP contribution in [0, 0.1) is 0 Å². The molecule has 2 aromatic carbocycles. The number of benzene rings is 2. The molecule has 0 spiro atoms. The Bertz CT molecular complexity index is 1090. The Morgan fingerprint density at radius 2 is 1.78 bits per heavy atom. The van der Waals surface area contributed by atoms with E-state index in [1.807, 2.05) is 12.1 Å². The molecule has 1 aromatic heterocycles. The maximum absolute atomic E-state index is 12.4. The molecule has 0 bridgehead atoms. The lowest BCUT2D eigenvalue weighted by molar-refractivity contribution is -0.113. The van der Waals surface area contributed by atoms with Crippen LogP contribution in [-0.4, -0.2) is 38.9 Å². The molecule has 1 heterocycles. The third-order valence-electron chi connectivity index (χ3n) is 4.59. The maximum atomic E-state index is 12.4. The molecule has 0 aliphatic rings. The van der Waals surface area contributed by atoms with Crippen molar-refractivity contribution in [2.75, 3.05) is 11.1 Å². The zero-order valence-electron chi connectivity index (χ0n) is 18.9. The third-order valence-corrected chi connectivity index (χ3v) is 5.43. The van der Waals surface area contributed by atoms with Gasteiger partial charge in [0.15, 0.2) is 5.82 Å². The van der Waals surface area contributed by atoms with Crippen LogP contribution in [0.2, 0.25) is 0 Å². The average molecular weight is 453 g/mol. The van der Waals surface area contributed by atoms with Gasteiger partial charge >= 0.3 is 5.97 Å². The van der Waals surface area contributed by atoms with Crippen LogP contribution in [-0.2, 0) is 14.9 Å². The van der Waals surface area contributed by atoms with Gasteiger partial charge in [0.25, 0.3) is 0 Å². The van der Waals surface area contributed by atoms with Crippen molar-refractivity contribution in [3.63, 3.8) is 0 Å². The molecular weight excluding hydrogens is 424 g/mol. The van der Waals surface area contributed by atoms with E-state index < -0.39 is 5.97 Å². The molecule has 3 aromatic rings. The molecule has 0 unspecified atom stereocenters. The minimum Gasteiger partial charge on any atom is -0.459 e. The molecule has 168 valence electrons. The van der Waals surface area contributed by atoms with E-state index in [1.54, 1.807) is 38.1 Å². The Morgan fingerprint density at radius 3 is 2.44 bits per heavy atom. The van der Waals surface area contributed by atoms with E-state index in [-0.39, 0.29) is 23.2 Å². The molecule has 1 amide bonds. The Kier molecular flexibility index (Phi) is 7.35. The molecule has 2 N–H and O–H groups in total. The number of esters is 1. The van der Waals surface area contributed by atoms with Gasteiger partial charge in [0.1, 0.15) is 0 Å². The van der Waals surface area contributed by atoms with Gasteiger partial charge in [-0.1, -0.05) is 68.9 Å². The lowest BCUT2D eigenvalue weighted by atomic mass is 9.87. The molecule has 0 saturated heterocycles. The number of carbonyl (C=O) groups is 2. The average Bonchev–Trinajstić information content (AvgIpc) is 3.21. The van der Waals surface area contributed by atoms with Crippen LogP contribution in [0.25, 0.3) is 11.4 Å². The summed E-state index contributed by atoms with van der Waals surface area (Å²) in [6.07, 6.45) is -0.244. The first-order valence-corrected chi connectivity index (χ1v) is 11.4. The summed E-state index contributed by atoms with van der Waals surface area (Å²) < 4.78 is 5.24. The number of ether oxygens (including phenoxy) is 1. The molecule has 0 aliphatic carbocycles. The fourth-order valence-corrected chi connectivity index (χ4v) is 3.53. The number of rotatable bonds is 7. The minimum atomic E-state index is -0.473. The normalized spacial score (nSPS) is 11.4. The van der Waals surface area contributed by atoms with Crippen molar-refractivity contribution in [1.82, 2.24) is 15.2 Å². The number of aromatic amines is 1. The van der Waals surface area contributed by atoms with Crippen LogP contribution < -0.4 is 5.32 Å². The molecular formula is C24H28N4O3S. The topological polar surface area (TPSA) is 97.0 Å². The van der Waals surface area contributed by atoms with Crippen molar-refractivity contribution >= 4 is 29.3 Å². The van der Waals surface area contributed by atoms with Crippen molar-refractivity contribution in [2.24, 2.45) is 0 Å². The Morgan fingerprint density at radius 1 is 1.09 bits per heavy atom. The largest absolute Gasteiger partial charge is 0.459 e. The van der Waals surface area contributed by atoms with E-state index >= 15 is 0 Å². The Hall–Kier alpha value is -3.13. The summed E-state index contributed by atoms with van der Waals surface area (Å²) in [6.45, 7) is 10.1. The summed E-state index contributed by atoms with van der Waals surface area (Å²) in [5, 5.41) is 10.4. The summed E-state index contributed by atoms with van der Waals surface area (Å²) in [5.41, 5.74) is 2.99. The molecule has 8 heteroatoms. The van der Waals surface area contributed by atoms with Crippen molar-refractivity contribution in [3.05, 3.63) is 59.7 Å². The van der Waals surface area contributed by atoms with Gasteiger partial charge in [-0.15, -0.1) is 5.10 Å². The number of nitrogens with one attached hydrogen (secondary N) is 2. The van der Waals surface area contributed by atoms with Gasteiger partial charge in [0, 0.05) is 5.56 Å². The highest BCUT2D eigenvalue weighted by Crippen LogP contribution is 2.26. The van der Waals surface area contributed by atoms with Gasteiger partial charge in [-0.2, -0.15) is 0 Å². The maximum Gasteiger partial charge on any atom is 0.340 e. The fraction of sp³-hybridized carbons (Fsp3) is 0.333. The lowest BCUT2D eigenvalue weighted by Crippen LogP contribution is -2.18. The van der Waals surface area contributed by atoms with E-state index in [0.717, 1.165) is 5.56 Å². The summed E-state index contributed by atoms with van der Waals surface area (Å²) in [7, 11) is 0. The first kappa shape index (κ1) is 23.5. The van der Waals surface area contributed by atoms with Crippen LogP contribution in [0.5, 0.6) is 0 Å². The number of anilines is 1. The number of carbonyl (C=O) groups excluding carboxylic acids is 2. The van der Waals surface area contributed by atoms with E-state index in [4.69, 9.17) is 4.74 Å². The predicted molar refractivity (Wildman–Crippen MR) is 127 cm³/mol. The smallest absolute Gasteiger partial charge is 0.340 e. The zero-order valence-corrected chi connectivity index (χ0v) is 19.7. The molecule has 32 heavy (non-hydrogen) atoms. The van der Waals surface area contributed by atoms with Crippen LogP contribution in [0.4, 0.5) is 5.69 Å². The van der Waals surface area contributed by atoms with E-state index in [0.29, 0.717) is 22.2 Å². The number of amides is 1. The molecule has 0 radical (unpaired) electrons. The van der Waals surface area contributed by atoms with Gasteiger partial charge in [0.2, 0.25) is 11.1 Å². The fourth-order valence-electron chi connectivity index (χ4n) is 2.93. The second-order valence-corrected chi connectivity index (χ2v) is 9.57. The van der Waals surface area contributed by atoms with Gasteiger partial charge < -0.3 is 10.1 Å². The van der Waals surface area contributed by atoms with Crippen LogP contribution >= 0.6 is 11.8 Å². The minimum absolute atomic E-state index is 0.0818. The summed E-state index contributed by atoms with van der Waals surface area (Å²) in [6, 6.07) is 15.0. The van der Waals surface area contributed by atoms with Crippen molar-refractivity contribution in [1.29, 1.82) is 0 Å².